The van der Waals surface area contributed by atoms with Crippen LogP contribution in [0.3, 0.4) is 0 Å². The van der Waals surface area contributed by atoms with Gasteiger partial charge in [-0.15, -0.1) is 0 Å². The molecule has 3 rings (SSSR count). The fourth-order valence-corrected chi connectivity index (χ4v) is 1.91. The molecule has 3 aromatic rings. The molecule has 8 heteroatoms. The number of nitrogens with one attached hydrogen (secondary N) is 1. The Kier molecular flexibility index (Phi) is 3.97. The topological polar surface area (TPSA) is 88.2 Å². The summed E-state index contributed by atoms with van der Waals surface area (Å²) in [5.74, 6) is 0.419. The summed E-state index contributed by atoms with van der Waals surface area (Å²) < 4.78 is 0. The average Bonchev–Trinajstić information content (AvgIpc) is 2.96. The summed E-state index contributed by atoms with van der Waals surface area (Å²) >= 11 is 5.88. The van der Waals surface area contributed by atoms with Crippen molar-refractivity contribution in [2.45, 2.75) is 0 Å². The third kappa shape index (κ3) is 3.21. The van der Waals surface area contributed by atoms with Gasteiger partial charge in [0.05, 0.1) is 6.21 Å². The molecule has 0 saturated heterocycles. The molecule has 0 fully saturated rings. The Labute approximate surface area is 130 Å². The first-order valence-corrected chi connectivity index (χ1v) is 6.73. The standard InChI is InChI=1S/C14H11ClN6O/c15-11-6-7-13(22)10(8-11)9-16-21-14(18-19-20-21)17-12-4-2-1-3-5-12/h1-9,22H,(H,17,18,20). The second-order valence-corrected chi connectivity index (χ2v) is 4.77. The van der Waals surface area contributed by atoms with Crippen molar-refractivity contribution in [2.75, 3.05) is 5.32 Å². The van der Waals surface area contributed by atoms with Gasteiger partial charge in [0, 0.05) is 16.3 Å². The number of phenolic OH excluding ortho intramolecular Hbond substituents is 1. The molecule has 0 amide bonds. The van der Waals surface area contributed by atoms with E-state index in [1.807, 2.05) is 30.3 Å². The summed E-state index contributed by atoms with van der Waals surface area (Å²) in [5.41, 5.74) is 1.30. The van der Waals surface area contributed by atoms with Crippen LogP contribution in [0.2, 0.25) is 5.02 Å². The number of hydrogen-bond acceptors (Lipinski definition) is 6. The number of aromatic hydroxyl groups is 1. The van der Waals surface area contributed by atoms with Crippen LogP contribution >= 0.6 is 11.6 Å². The van der Waals surface area contributed by atoms with Crippen LogP contribution in [0.5, 0.6) is 5.75 Å². The third-order valence-electron chi connectivity index (χ3n) is 2.78. The van der Waals surface area contributed by atoms with Crippen LogP contribution in [0.15, 0.2) is 53.6 Å². The first kappa shape index (κ1) is 14.0. The Morgan fingerprint density at radius 1 is 1.18 bits per heavy atom. The minimum Gasteiger partial charge on any atom is -0.507 e. The van der Waals surface area contributed by atoms with E-state index >= 15 is 0 Å². The van der Waals surface area contributed by atoms with Gasteiger partial charge >= 0.3 is 0 Å². The van der Waals surface area contributed by atoms with Crippen molar-refractivity contribution in [3.8, 4) is 5.75 Å². The number of para-hydroxylation sites is 1. The Balaban J connectivity index is 1.83. The predicted octanol–water partition coefficient (Wildman–Crippen LogP) is 2.66. The van der Waals surface area contributed by atoms with Gasteiger partial charge in [-0.05, 0) is 40.8 Å². The molecule has 1 heterocycles. The maximum absolute atomic E-state index is 9.74. The van der Waals surface area contributed by atoms with Crippen molar-refractivity contribution < 1.29 is 5.11 Å². The van der Waals surface area contributed by atoms with Crippen LogP contribution in [0.25, 0.3) is 0 Å². The SMILES string of the molecule is Oc1ccc(Cl)cc1C=Nn1nnnc1Nc1ccccc1. The van der Waals surface area contributed by atoms with Gasteiger partial charge in [0.1, 0.15) is 5.75 Å². The number of nitrogens with zero attached hydrogens (tertiary/aromatic N) is 5. The Morgan fingerprint density at radius 3 is 2.82 bits per heavy atom. The highest BCUT2D eigenvalue weighted by molar-refractivity contribution is 6.30. The smallest absolute Gasteiger partial charge is 0.269 e. The van der Waals surface area contributed by atoms with Crippen LogP contribution in [0.4, 0.5) is 11.6 Å². The normalized spacial score (nSPS) is 11.0. The summed E-state index contributed by atoms with van der Waals surface area (Å²) in [6, 6.07) is 14.1. The molecule has 0 aliphatic carbocycles. The fourth-order valence-electron chi connectivity index (χ4n) is 1.73. The number of anilines is 2. The van der Waals surface area contributed by atoms with E-state index in [-0.39, 0.29) is 5.75 Å². The largest absolute Gasteiger partial charge is 0.507 e. The van der Waals surface area contributed by atoms with Crippen molar-refractivity contribution in [1.82, 2.24) is 20.3 Å². The van der Waals surface area contributed by atoms with Crippen molar-refractivity contribution in [2.24, 2.45) is 5.10 Å². The van der Waals surface area contributed by atoms with E-state index in [0.29, 0.717) is 16.5 Å². The molecule has 1 aromatic heterocycles. The summed E-state index contributed by atoms with van der Waals surface area (Å²) in [5, 5.41) is 28.6. The summed E-state index contributed by atoms with van der Waals surface area (Å²) in [4.78, 5) is 1.22. The quantitative estimate of drug-likeness (QED) is 0.723. The Bertz CT molecular complexity index is 802. The van der Waals surface area contributed by atoms with Crippen molar-refractivity contribution >= 4 is 29.5 Å². The zero-order valence-corrected chi connectivity index (χ0v) is 12.0. The lowest BCUT2D eigenvalue weighted by Gasteiger charge is -2.03. The number of benzene rings is 2. The molecule has 0 bridgehead atoms. The van der Waals surface area contributed by atoms with Gasteiger partial charge in [-0.3, -0.25) is 0 Å². The van der Waals surface area contributed by atoms with Crippen LogP contribution in [0.1, 0.15) is 5.56 Å². The van der Waals surface area contributed by atoms with Crippen molar-refractivity contribution in [3.05, 3.63) is 59.1 Å². The molecular weight excluding hydrogens is 304 g/mol. The van der Waals surface area contributed by atoms with Gasteiger partial charge in [0.25, 0.3) is 5.95 Å². The molecule has 7 nitrogen and oxygen atoms in total. The highest BCUT2D eigenvalue weighted by Crippen LogP contribution is 2.20. The average molecular weight is 315 g/mol. The molecule has 2 N–H and O–H groups in total. The van der Waals surface area contributed by atoms with E-state index in [4.69, 9.17) is 11.6 Å². The molecule has 0 saturated carbocycles. The minimum absolute atomic E-state index is 0.0683. The lowest BCUT2D eigenvalue weighted by atomic mass is 10.2. The molecule has 110 valence electrons. The van der Waals surface area contributed by atoms with Gasteiger partial charge in [0.15, 0.2) is 0 Å². The van der Waals surface area contributed by atoms with Crippen LogP contribution in [-0.2, 0) is 0 Å². The molecule has 0 atom stereocenters. The fraction of sp³-hybridized carbons (Fsp3) is 0. The second-order valence-electron chi connectivity index (χ2n) is 4.33. The number of tetrazole rings is 1. The van der Waals surface area contributed by atoms with Crippen LogP contribution < -0.4 is 5.32 Å². The van der Waals surface area contributed by atoms with E-state index < -0.39 is 0 Å². The van der Waals surface area contributed by atoms with E-state index in [1.165, 1.54) is 17.1 Å². The second kappa shape index (κ2) is 6.23. The lowest BCUT2D eigenvalue weighted by molar-refractivity contribution is 0.474. The van der Waals surface area contributed by atoms with Gasteiger partial charge in [-0.2, -0.15) is 5.10 Å². The van der Waals surface area contributed by atoms with Gasteiger partial charge in [0.2, 0.25) is 0 Å². The first-order chi connectivity index (χ1) is 10.7. The highest BCUT2D eigenvalue weighted by Gasteiger charge is 2.05. The molecule has 0 radical (unpaired) electrons. The van der Waals surface area contributed by atoms with Crippen LogP contribution in [-0.4, -0.2) is 31.6 Å². The molecular formula is C14H11ClN6O. The predicted molar refractivity (Wildman–Crippen MR) is 83.7 cm³/mol. The third-order valence-corrected chi connectivity index (χ3v) is 3.01. The maximum atomic E-state index is 9.74. The Hall–Kier alpha value is -2.93. The number of halogens is 1. The van der Waals surface area contributed by atoms with E-state index in [0.717, 1.165) is 5.69 Å². The number of phenols is 1. The first-order valence-electron chi connectivity index (χ1n) is 6.36. The van der Waals surface area contributed by atoms with E-state index in [1.54, 1.807) is 12.1 Å². The monoisotopic (exact) mass is 314 g/mol. The molecule has 2 aromatic carbocycles. The summed E-state index contributed by atoms with van der Waals surface area (Å²) in [6.45, 7) is 0. The van der Waals surface area contributed by atoms with Crippen molar-refractivity contribution in [1.29, 1.82) is 0 Å². The van der Waals surface area contributed by atoms with Gasteiger partial charge in [-0.1, -0.05) is 39.7 Å². The molecule has 22 heavy (non-hydrogen) atoms. The number of rotatable bonds is 4. The summed E-state index contributed by atoms with van der Waals surface area (Å²) in [6.07, 6.45) is 1.42. The molecule has 0 aliphatic rings. The zero-order valence-electron chi connectivity index (χ0n) is 11.3. The molecule has 0 aliphatic heterocycles. The Morgan fingerprint density at radius 2 is 2.00 bits per heavy atom. The number of aromatic nitrogens is 4. The molecule has 0 spiro atoms. The number of hydrogen-bond donors (Lipinski definition) is 2. The highest BCUT2D eigenvalue weighted by atomic mass is 35.5. The minimum atomic E-state index is 0.0683. The summed E-state index contributed by atoms with van der Waals surface area (Å²) in [7, 11) is 0. The van der Waals surface area contributed by atoms with Crippen LogP contribution in [0, 0.1) is 0 Å². The van der Waals surface area contributed by atoms with E-state index in [2.05, 4.69) is 25.9 Å². The van der Waals surface area contributed by atoms with Gasteiger partial charge in [-0.25, -0.2) is 0 Å². The van der Waals surface area contributed by atoms with E-state index in [9.17, 15) is 5.11 Å². The van der Waals surface area contributed by atoms with Gasteiger partial charge < -0.3 is 10.4 Å². The lowest BCUT2D eigenvalue weighted by Crippen LogP contribution is -2.01. The van der Waals surface area contributed by atoms with Crippen molar-refractivity contribution in [3.63, 3.8) is 0 Å². The maximum Gasteiger partial charge on any atom is 0.269 e. The zero-order chi connectivity index (χ0) is 15.4. The molecule has 0 unspecified atom stereocenters.